The van der Waals surface area contributed by atoms with Crippen molar-refractivity contribution < 1.29 is 9.59 Å². The summed E-state index contributed by atoms with van der Waals surface area (Å²) in [5.41, 5.74) is 3.53. The van der Waals surface area contributed by atoms with Gasteiger partial charge in [0.1, 0.15) is 0 Å². The van der Waals surface area contributed by atoms with Gasteiger partial charge in [0.25, 0.3) is 5.91 Å². The van der Waals surface area contributed by atoms with Gasteiger partial charge in [-0.25, -0.2) is 0 Å². The van der Waals surface area contributed by atoms with Crippen LogP contribution in [0.25, 0.3) is 10.9 Å². The predicted octanol–water partition coefficient (Wildman–Crippen LogP) is 6.38. The second kappa shape index (κ2) is 8.38. The number of unbranched alkanes of at least 4 members (excludes halogenated alkanes) is 1. The first-order valence-corrected chi connectivity index (χ1v) is 10.0. The van der Waals surface area contributed by atoms with Gasteiger partial charge >= 0.3 is 0 Å². The van der Waals surface area contributed by atoms with Gasteiger partial charge in [-0.05, 0) is 56.2 Å². The van der Waals surface area contributed by atoms with Gasteiger partial charge in [0, 0.05) is 23.2 Å². The maximum atomic E-state index is 13.2. The number of halogens is 2. The van der Waals surface area contributed by atoms with Crippen molar-refractivity contribution in [1.82, 2.24) is 4.57 Å². The third kappa shape index (κ3) is 3.80. The minimum atomic E-state index is -0.272. The van der Waals surface area contributed by atoms with Gasteiger partial charge in [0.15, 0.2) is 0 Å². The fourth-order valence-corrected chi connectivity index (χ4v) is 3.85. The van der Waals surface area contributed by atoms with E-state index in [-0.39, 0.29) is 17.4 Å². The number of anilines is 1. The number of rotatable bonds is 5. The molecular weight excluding hydrogens is 395 g/mol. The van der Waals surface area contributed by atoms with Gasteiger partial charge in [-0.1, -0.05) is 42.6 Å². The van der Waals surface area contributed by atoms with Gasteiger partial charge in [-0.15, -0.1) is 0 Å². The number of amides is 1. The maximum Gasteiger partial charge on any atom is 0.265 e. The van der Waals surface area contributed by atoms with E-state index >= 15 is 0 Å². The van der Waals surface area contributed by atoms with E-state index in [1.165, 1.54) is 0 Å². The van der Waals surface area contributed by atoms with Gasteiger partial charge in [-0.3, -0.25) is 14.2 Å². The summed E-state index contributed by atoms with van der Waals surface area (Å²) in [6.45, 7) is 5.90. The topological polar surface area (TPSA) is 51.1 Å². The molecule has 0 bridgehead atoms. The summed E-state index contributed by atoms with van der Waals surface area (Å²) in [4.78, 5) is 25.3. The van der Waals surface area contributed by atoms with Crippen LogP contribution in [0.2, 0.25) is 10.0 Å². The number of hydrogen-bond donors (Lipinski definition) is 1. The van der Waals surface area contributed by atoms with Gasteiger partial charge in [0.2, 0.25) is 5.91 Å². The van der Waals surface area contributed by atoms with Crippen molar-refractivity contribution in [1.29, 1.82) is 0 Å². The Morgan fingerprint density at radius 1 is 1.07 bits per heavy atom. The van der Waals surface area contributed by atoms with E-state index in [0.717, 1.165) is 40.7 Å². The standard InChI is InChI=1S/C22H22Cl2N2O2/c1-4-5-9-20(27)25-15-10-11-19-16(12-15)13(2)14(3)26(19)22(28)21-17(23)7-6-8-18(21)24/h6-8,10-12H,4-5,9H2,1-3H3,(H,25,27). The molecule has 0 radical (unpaired) electrons. The van der Waals surface area contributed by atoms with Crippen LogP contribution in [0, 0.1) is 13.8 Å². The van der Waals surface area contributed by atoms with Gasteiger partial charge < -0.3 is 5.32 Å². The van der Waals surface area contributed by atoms with Crippen LogP contribution in [-0.2, 0) is 4.79 Å². The number of aryl methyl sites for hydroxylation is 1. The first kappa shape index (κ1) is 20.4. The number of nitrogens with one attached hydrogen (secondary N) is 1. The lowest BCUT2D eigenvalue weighted by molar-refractivity contribution is -0.116. The maximum absolute atomic E-state index is 13.2. The smallest absolute Gasteiger partial charge is 0.265 e. The predicted molar refractivity (Wildman–Crippen MR) is 116 cm³/mol. The van der Waals surface area contributed by atoms with Crippen LogP contribution < -0.4 is 5.32 Å². The zero-order valence-electron chi connectivity index (χ0n) is 16.1. The summed E-state index contributed by atoms with van der Waals surface area (Å²) < 4.78 is 1.63. The van der Waals surface area contributed by atoms with E-state index < -0.39 is 0 Å². The number of benzene rings is 2. The van der Waals surface area contributed by atoms with Crippen LogP contribution in [0.3, 0.4) is 0 Å². The fourth-order valence-electron chi connectivity index (χ4n) is 3.29. The zero-order chi connectivity index (χ0) is 20.4. The van der Waals surface area contributed by atoms with Crippen molar-refractivity contribution >= 4 is 51.6 Å². The monoisotopic (exact) mass is 416 g/mol. The third-order valence-electron chi connectivity index (χ3n) is 4.94. The third-order valence-corrected chi connectivity index (χ3v) is 5.57. The van der Waals surface area contributed by atoms with Crippen LogP contribution in [-0.4, -0.2) is 16.4 Å². The molecule has 0 saturated carbocycles. The summed E-state index contributed by atoms with van der Waals surface area (Å²) in [5.74, 6) is -0.278. The average Bonchev–Trinajstić information content (AvgIpc) is 2.90. The highest BCUT2D eigenvalue weighted by Crippen LogP contribution is 2.32. The molecule has 0 atom stereocenters. The Morgan fingerprint density at radius 2 is 1.75 bits per heavy atom. The van der Waals surface area contributed by atoms with Crippen LogP contribution in [0.1, 0.15) is 47.8 Å². The summed E-state index contributed by atoms with van der Waals surface area (Å²) in [7, 11) is 0. The molecule has 0 aliphatic carbocycles. The summed E-state index contributed by atoms with van der Waals surface area (Å²) >= 11 is 12.5. The summed E-state index contributed by atoms with van der Waals surface area (Å²) in [6.07, 6.45) is 2.33. The summed E-state index contributed by atoms with van der Waals surface area (Å²) in [5, 5.41) is 4.47. The molecule has 2 aromatic carbocycles. The first-order chi connectivity index (χ1) is 13.3. The Hall–Kier alpha value is -2.30. The molecule has 4 nitrogen and oxygen atoms in total. The number of hydrogen-bond acceptors (Lipinski definition) is 2. The van der Waals surface area contributed by atoms with E-state index in [4.69, 9.17) is 23.2 Å². The lowest BCUT2D eigenvalue weighted by Gasteiger charge is -2.11. The average molecular weight is 417 g/mol. The van der Waals surface area contributed by atoms with Crippen molar-refractivity contribution in [3.63, 3.8) is 0 Å². The molecule has 1 heterocycles. The largest absolute Gasteiger partial charge is 0.326 e. The molecule has 1 amide bonds. The van der Waals surface area contributed by atoms with Crippen molar-refractivity contribution in [2.45, 2.75) is 40.0 Å². The number of nitrogens with zero attached hydrogens (tertiary/aromatic N) is 1. The van der Waals surface area contributed by atoms with E-state index in [1.807, 2.05) is 32.0 Å². The Morgan fingerprint density at radius 3 is 2.39 bits per heavy atom. The Kier molecular flexibility index (Phi) is 6.11. The molecule has 1 N–H and O–H groups in total. The molecule has 0 saturated heterocycles. The van der Waals surface area contributed by atoms with Crippen LogP contribution in [0.4, 0.5) is 5.69 Å². The first-order valence-electron chi connectivity index (χ1n) is 9.25. The molecule has 1 aromatic heterocycles. The van der Waals surface area contributed by atoms with Crippen LogP contribution >= 0.6 is 23.2 Å². The molecule has 0 aliphatic rings. The highest BCUT2D eigenvalue weighted by Gasteiger charge is 2.22. The second-order valence-corrected chi connectivity index (χ2v) is 7.65. The molecule has 0 aliphatic heterocycles. The molecule has 146 valence electrons. The van der Waals surface area contributed by atoms with E-state index in [1.54, 1.807) is 22.8 Å². The highest BCUT2D eigenvalue weighted by atomic mass is 35.5. The Bertz CT molecular complexity index is 1050. The minimum absolute atomic E-state index is 0.00562. The molecule has 28 heavy (non-hydrogen) atoms. The fraction of sp³-hybridized carbons (Fsp3) is 0.273. The van der Waals surface area contributed by atoms with Crippen LogP contribution in [0.5, 0.6) is 0 Å². The summed E-state index contributed by atoms with van der Waals surface area (Å²) in [6, 6.07) is 10.6. The number of carbonyl (C=O) groups is 2. The number of carbonyl (C=O) groups excluding carboxylic acids is 2. The van der Waals surface area contributed by atoms with Crippen molar-refractivity contribution in [3.8, 4) is 0 Å². The van der Waals surface area contributed by atoms with E-state index in [9.17, 15) is 9.59 Å². The lowest BCUT2D eigenvalue weighted by atomic mass is 10.1. The lowest BCUT2D eigenvalue weighted by Crippen LogP contribution is -2.15. The normalized spacial score (nSPS) is 11.0. The molecule has 0 fully saturated rings. The van der Waals surface area contributed by atoms with Gasteiger partial charge in [0.05, 0.1) is 21.1 Å². The van der Waals surface area contributed by atoms with Crippen molar-refractivity contribution in [2.24, 2.45) is 0 Å². The number of aromatic nitrogens is 1. The molecule has 3 aromatic rings. The van der Waals surface area contributed by atoms with Crippen LogP contribution in [0.15, 0.2) is 36.4 Å². The minimum Gasteiger partial charge on any atom is -0.326 e. The second-order valence-electron chi connectivity index (χ2n) is 6.83. The molecule has 0 unspecified atom stereocenters. The Labute approximate surface area is 174 Å². The highest BCUT2D eigenvalue weighted by molar-refractivity contribution is 6.40. The Balaban J connectivity index is 2.04. The molecule has 0 spiro atoms. The van der Waals surface area contributed by atoms with Crippen molar-refractivity contribution in [3.05, 3.63) is 63.3 Å². The van der Waals surface area contributed by atoms with E-state index in [0.29, 0.717) is 16.5 Å². The van der Waals surface area contributed by atoms with Gasteiger partial charge in [-0.2, -0.15) is 0 Å². The quantitative estimate of drug-likeness (QED) is 0.524. The number of fused-ring (bicyclic) bond motifs is 1. The van der Waals surface area contributed by atoms with E-state index in [2.05, 4.69) is 12.2 Å². The molecule has 6 heteroatoms. The zero-order valence-corrected chi connectivity index (χ0v) is 17.6. The molecule has 3 rings (SSSR count). The SMILES string of the molecule is CCCCC(=O)Nc1ccc2c(c1)c(C)c(C)n2C(=O)c1c(Cl)cccc1Cl. The van der Waals surface area contributed by atoms with Crippen molar-refractivity contribution in [2.75, 3.05) is 5.32 Å². The molecular formula is C22H22Cl2N2O2.